The van der Waals surface area contributed by atoms with Gasteiger partial charge in [-0.1, -0.05) is 0 Å². The predicted molar refractivity (Wildman–Crippen MR) is 83.4 cm³/mol. The van der Waals surface area contributed by atoms with Gasteiger partial charge in [-0.15, -0.1) is 5.10 Å². The summed E-state index contributed by atoms with van der Waals surface area (Å²) in [6, 6.07) is 0.192. The molecule has 4 saturated carbocycles. The topological polar surface area (TPSA) is 59.8 Å². The quantitative estimate of drug-likeness (QED) is 0.930. The van der Waals surface area contributed by atoms with Gasteiger partial charge in [0.2, 0.25) is 11.2 Å². The van der Waals surface area contributed by atoms with E-state index in [-0.39, 0.29) is 22.9 Å². The van der Waals surface area contributed by atoms with Gasteiger partial charge >= 0.3 is 0 Å². The maximum atomic E-state index is 12.9. The van der Waals surface area contributed by atoms with Crippen LogP contribution >= 0.6 is 11.6 Å². The Morgan fingerprint density at radius 3 is 2.59 bits per heavy atom. The number of amides is 1. The highest BCUT2D eigenvalue weighted by Gasteiger charge is 2.61. The van der Waals surface area contributed by atoms with Gasteiger partial charge in [0.1, 0.15) is 6.33 Å². The Balaban J connectivity index is 1.70. The number of rotatable bonds is 3. The Bertz CT molecular complexity index is 597. The average Bonchev–Trinajstić information content (AvgIpc) is 2.84. The minimum atomic E-state index is -0.215. The number of hydrogen-bond acceptors (Lipinski definition) is 3. The lowest BCUT2D eigenvalue weighted by Crippen LogP contribution is -2.61. The molecule has 4 fully saturated rings. The van der Waals surface area contributed by atoms with Gasteiger partial charge in [-0.05, 0) is 75.8 Å². The van der Waals surface area contributed by atoms with Gasteiger partial charge in [0, 0.05) is 6.04 Å². The van der Waals surface area contributed by atoms with E-state index in [9.17, 15) is 4.79 Å². The van der Waals surface area contributed by atoms with Crippen LogP contribution in [0.3, 0.4) is 0 Å². The molecule has 1 heterocycles. The molecule has 2 atom stereocenters. The summed E-state index contributed by atoms with van der Waals surface area (Å²) in [5.41, 5.74) is -0.272. The molecule has 0 spiro atoms. The lowest BCUT2D eigenvalue weighted by molar-refractivity contribution is -0.156. The highest BCUT2D eigenvalue weighted by molar-refractivity contribution is 6.28. The number of nitrogens with one attached hydrogen (secondary N) is 1. The smallest absolute Gasteiger partial charge is 0.242 e. The average molecular weight is 323 g/mol. The minimum Gasteiger partial charge on any atom is -0.353 e. The third kappa shape index (κ3) is 2.08. The van der Waals surface area contributed by atoms with Gasteiger partial charge in [0.05, 0.1) is 11.0 Å². The first kappa shape index (κ1) is 14.5. The number of aromatic nitrogens is 3. The van der Waals surface area contributed by atoms with Gasteiger partial charge in [-0.25, -0.2) is 9.67 Å². The molecule has 1 N–H and O–H groups in total. The molecule has 0 aromatic carbocycles. The van der Waals surface area contributed by atoms with Gasteiger partial charge < -0.3 is 5.32 Å². The lowest BCUT2D eigenvalue weighted by atomic mass is 9.46. The maximum Gasteiger partial charge on any atom is 0.242 e. The highest BCUT2D eigenvalue weighted by Crippen LogP contribution is 2.64. The van der Waals surface area contributed by atoms with Crippen LogP contribution < -0.4 is 5.32 Å². The van der Waals surface area contributed by atoms with Crippen LogP contribution in [0.2, 0.25) is 5.28 Å². The Morgan fingerprint density at radius 1 is 1.36 bits per heavy atom. The van der Waals surface area contributed by atoms with Crippen molar-refractivity contribution in [1.82, 2.24) is 20.1 Å². The first-order valence-electron chi connectivity index (χ1n) is 8.29. The predicted octanol–water partition coefficient (Wildman–Crippen LogP) is 2.75. The molecule has 5 nitrogen and oxygen atoms in total. The van der Waals surface area contributed by atoms with Crippen LogP contribution in [-0.2, 0) is 10.3 Å². The zero-order valence-corrected chi connectivity index (χ0v) is 13.9. The first-order valence-corrected chi connectivity index (χ1v) is 8.67. The Hall–Kier alpha value is -1.10. The zero-order chi connectivity index (χ0) is 15.5. The minimum absolute atomic E-state index is 0.0570. The molecule has 5 rings (SSSR count). The van der Waals surface area contributed by atoms with Crippen LogP contribution in [-0.4, -0.2) is 26.7 Å². The molecule has 0 aliphatic heterocycles. The third-order valence-corrected chi connectivity index (χ3v) is 6.05. The molecular weight excluding hydrogens is 300 g/mol. The van der Waals surface area contributed by atoms with Crippen molar-refractivity contribution in [3.8, 4) is 0 Å². The molecular formula is C16H23ClN4O. The second-order valence-corrected chi connectivity index (χ2v) is 8.39. The van der Waals surface area contributed by atoms with Crippen LogP contribution in [0.4, 0.5) is 0 Å². The number of carbonyl (C=O) groups excluding carboxylic acids is 1. The molecule has 4 aliphatic rings. The van der Waals surface area contributed by atoms with E-state index >= 15 is 0 Å². The molecule has 1 aromatic heterocycles. The zero-order valence-electron chi connectivity index (χ0n) is 13.2. The second kappa shape index (κ2) is 4.70. The van der Waals surface area contributed by atoms with E-state index in [0.29, 0.717) is 17.1 Å². The number of hydrogen-bond donors (Lipinski definition) is 1. The molecule has 0 radical (unpaired) electrons. The van der Waals surface area contributed by atoms with Crippen molar-refractivity contribution in [2.24, 2.45) is 17.3 Å². The molecule has 120 valence electrons. The van der Waals surface area contributed by atoms with Crippen molar-refractivity contribution in [1.29, 1.82) is 0 Å². The second-order valence-electron chi connectivity index (χ2n) is 8.05. The monoisotopic (exact) mass is 322 g/mol. The summed E-state index contributed by atoms with van der Waals surface area (Å²) >= 11 is 5.94. The summed E-state index contributed by atoms with van der Waals surface area (Å²) in [6.45, 7) is 4.07. The van der Waals surface area contributed by atoms with Gasteiger partial charge in [-0.2, -0.15) is 0 Å². The first-order chi connectivity index (χ1) is 10.4. The van der Waals surface area contributed by atoms with Gasteiger partial charge in [0.25, 0.3) is 0 Å². The lowest BCUT2D eigenvalue weighted by Gasteiger charge is -2.61. The Labute approximate surface area is 135 Å². The van der Waals surface area contributed by atoms with Crippen LogP contribution in [0.1, 0.15) is 52.4 Å². The molecule has 1 amide bonds. The summed E-state index contributed by atoms with van der Waals surface area (Å²) < 4.78 is 1.96. The van der Waals surface area contributed by atoms with E-state index in [0.717, 1.165) is 32.1 Å². The fourth-order valence-electron chi connectivity index (χ4n) is 5.63. The van der Waals surface area contributed by atoms with Crippen LogP contribution in [0.5, 0.6) is 0 Å². The third-order valence-electron chi connectivity index (χ3n) is 5.88. The van der Waals surface area contributed by atoms with Gasteiger partial charge in [0.15, 0.2) is 0 Å². The Morgan fingerprint density at radius 2 is 2.05 bits per heavy atom. The van der Waals surface area contributed by atoms with E-state index in [1.165, 1.54) is 6.42 Å². The van der Waals surface area contributed by atoms with E-state index in [2.05, 4.69) is 15.4 Å². The largest absolute Gasteiger partial charge is 0.353 e. The SMILES string of the molecule is CC(C)NC(=O)C12C[C@H]3C[C@H](C1)CC(n1cnc(Cl)n1)(C3)C2. The van der Waals surface area contributed by atoms with Crippen LogP contribution in [0.15, 0.2) is 6.33 Å². The molecule has 4 aliphatic carbocycles. The van der Waals surface area contributed by atoms with E-state index in [4.69, 9.17) is 11.6 Å². The standard InChI is InChI=1S/C16H23ClN4O/c1-10(2)19-13(22)15-4-11-3-12(5-15)7-16(6-11,8-15)21-9-18-14(17)20-21/h9-12H,3-8H2,1-2H3,(H,19,22)/t11-,12-,15?,16?/m1/s1. The molecule has 22 heavy (non-hydrogen) atoms. The van der Waals surface area contributed by atoms with Crippen molar-refractivity contribution in [2.45, 2.75) is 64.0 Å². The maximum absolute atomic E-state index is 12.9. The number of halogens is 1. The fourth-order valence-corrected chi connectivity index (χ4v) is 5.76. The van der Waals surface area contributed by atoms with Crippen molar-refractivity contribution >= 4 is 17.5 Å². The van der Waals surface area contributed by atoms with E-state index in [1.54, 1.807) is 6.33 Å². The fraction of sp³-hybridized carbons (Fsp3) is 0.812. The molecule has 4 bridgehead atoms. The summed E-state index contributed by atoms with van der Waals surface area (Å²) in [5, 5.41) is 7.86. The highest BCUT2D eigenvalue weighted by atomic mass is 35.5. The van der Waals surface area contributed by atoms with Crippen molar-refractivity contribution in [3.63, 3.8) is 0 Å². The van der Waals surface area contributed by atoms with E-state index < -0.39 is 0 Å². The molecule has 6 heteroatoms. The van der Waals surface area contributed by atoms with Crippen molar-refractivity contribution < 1.29 is 4.79 Å². The molecule has 0 unspecified atom stereocenters. The normalized spacial score (nSPS) is 39.5. The van der Waals surface area contributed by atoms with Crippen LogP contribution in [0.25, 0.3) is 0 Å². The summed E-state index contributed by atoms with van der Waals surface area (Å²) in [6.07, 6.45) is 8.19. The Kier molecular flexibility index (Phi) is 3.09. The summed E-state index contributed by atoms with van der Waals surface area (Å²) in [5.74, 6) is 1.50. The molecule has 0 saturated heterocycles. The van der Waals surface area contributed by atoms with Crippen molar-refractivity contribution in [2.75, 3.05) is 0 Å². The van der Waals surface area contributed by atoms with E-state index in [1.807, 2.05) is 18.5 Å². The van der Waals surface area contributed by atoms with Crippen LogP contribution in [0, 0.1) is 17.3 Å². The summed E-state index contributed by atoms with van der Waals surface area (Å²) in [4.78, 5) is 17.0. The number of nitrogens with zero attached hydrogens (tertiary/aromatic N) is 3. The van der Waals surface area contributed by atoms with Gasteiger partial charge in [-0.3, -0.25) is 4.79 Å². The summed E-state index contributed by atoms with van der Waals surface area (Å²) in [7, 11) is 0. The molecule has 1 aromatic rings. The van der Waals surface area contributed by atoms with Crippen molar-refractivity contribution in [3.05, 3.63) is 11.6 Å². The number of carbonyl (C=O) groups is 1.